The fourth-order valence-electron chi connectivity index (χ4n) is 3.13. The van der Waals surface area contributed by atoms with Crippen LogP contribution in [0.15, 0.2) is 24.3 Å². The largest absolute Gasteiger partial charge is 0.372 e. The van der Waals surface area contributed by atoms with Crippen LogP contribution in [0.5, 0.6) is 0 Å². The topological polar surface area (TPSA) is 58.4 Å². The average molecular weight is 289 g/mol. The van der Waals surface area contributed by atoms with Gasteiger partial charge in [-0.25, -0.2) is 0 Å². The van der Waals surface area contributed by atoms with Crippen LogP contribution >= 0.6 is 0 Å². The normalized spacial score (nSPS) is 16.7. The third-order valence-corrected chi connectivity index (χ3v) is 4.39. The number of hydrogen-bond acceptors (Lipinski definition) is 3. The van der Waals surface area contributed by atoms with E-state index >= 15 is 0 Å². The van der Waals surface area contributed by atoms with Gasteiger partial charge in [-0.3, -0.25) is 4.79 Å². The number of hydrogen-bond donors (Lipinski definition) is 2. The maximum atomic E-state index is 12.1. The quantitative estimate of drug-likeness (QED) is 0.846. The van der Waals surface area contributed by atoms with Gasteiger partial charge in [0.25, 0.3) is 0 Å². The van der Waals surface area contributed by atoms with Crippen LogP contribution in [0.25, 0.3) is 0 Å². The van der Waals surface area contributed by atoms with Crippen molar-refractivity contribution >= 4 is 17.3 Å². The highest BCUT2D eigenvalue weighted by Gasteiger charge is 2.31. The molecule has 4 heteroatoms. The van der Waals surface area contributed by atoms with Gasteiger partial charge in [0.2, 0.25) is 5.91 Å². The van der Waals surface area contributed by atoms with Crippen molar-refractivity contribution in [2.24, 2.45) is 5.73 Å². The van der Waals surface area contributed by atoms with E-state index < -0.39 is 0 Å². The van der Waals surface area contributed by atoms with E-state index in [0.717, 1.165) is 44.5 Å². The minimum absolute atomic E-state index is 0.0231. The van der Waals surface area contributed by atoms with E-state index in [2.05, 4.69) is 36.2 Å². The summed E-state index contributed by atoms with van der Waals surface area (Å²) in [6.07, 6.45) is 4.62. The number of carbonyl (C=O) groups is 1. The Morgan fingerprint density at radius 1 is 1.19 bits per heavy atom. The SMILES string of the molecule is CCN(CC)c1ccc(NC(=O)CC2(N)CCCC2)cc1. The summed E-state index contributed by atoms with van der Waals surface area (Å²) in [5.41, 5.74) is 7.99. The van der Waals surface area contributed by atoms with Crippen LogP contribution in [0.2, 0.25) is 0 Å². The molecule has 0 atom stereocenters. The molecule has 1 saturated carbocycles. The lowest BCUT2D eigenvalue weighted by Crippen LogP contribution is -2.40. The van der Waals surface area contributed by atoms with Gasteiger partial charge >= 0.3 is 0 Å². The highest BCUT2D eigenvalue weighted by Crippen LogP contribution is 2.30. The summed E-state index contributed by atoms with van der Waals surface area (Å²) >= 11 is 0. The number of nitrogens with two attached hydrogens (primary N) is 1. The maximum absolute atomic E-state index is 12.1. The van der Waals surface area contributed by atoms with E-state index in [1.54, 1.807) is 0 Å². The molecular formula is C17H27N3O. The van der Waals surface area contributed by atoms with E-state index in [0.29, 0.717) is 6.42 Å². The zero-order valence-electron chi connectivity index (χ0n) is 13.2. The summed E-state index contributed by atoms with van der Waals surface area (Å²) in [5.74, 6) is 0.0231. The van der Waals surface area contributed by atoms with E-state index in [1.807, 2.05) is 12.1 Å². The van der Waals surface area contributed by atoms with Crippen molar-refractivity contribution in [2.75, 3.05) is 23.3 Å². The second-order valence-corrected chi connectivity index (χ2v) is 6.01. The van der Waals surface area contributed by atoms with Gasteiger partial charge in [-0.1, -0.05) is 12.8 Å². The van der Waals surface area contributed by atoms with E-state index in [4.69, 9.17) is 5.73 Å². The maximum Gasteiger partial charge on any atom is 0.226 e. The Morgan fingerprint density at radius 3 is 2.29 bits per heavy atom. The molecular weight excluding hydrogens is 262 g/mol. The van der Waals surface area contributed by atoms with Crippen LogP contribution in [0.4, 0.5) is 11.4 Å². The highest BCUT2D eigenvalue weighted by atomic mass is 16.1. The van der Waals surface area contributed by atoms with Gasteiger partial charge in [-0.2, -0.15) is 0 Å². The Labute approximate surface area is 127 Å². The Bertz CT molecular complexity index is 459. The molecule has 1 amide bonds. The third-order valence-electron chi connectivity index (χ3n) is 4.39. The van der Waals surface area contributed by atoms with Crippen LogP contribution in [0.1, 0.15) is 46.0 Å². The standard InChI is InChI=1S/C17H27N3O/c1-3-20(4-2)15-9-7-14(8-10-15)19-16(21)13-17(18)11-5-6-12-17/h7-10H,3-6,11-13,18H2,1-2H3,(H,19,21). The summed E-state index contributed by atoms with van der Waals surface area (Å²) in [7, 11) is 0. The van der Waals surface area contributed by atoms with Gasteiger partial charge in [-0.05, 0) is 51.0 Å². The summed E-state index contributed by atoms with van der Waals surface area (Å²) in [6, 6.07) is 8.03. The first kappa shape index (κ1) is 15.8. The molecule has 0 bridgehead atoms. The first-order chi connectivity index (χ1) is 10.1. The number of nitrogens with one attached hydrogen (secondary N) is 1. The predicted octanol–water partition coefficient (Wildman–Crippen LogP) is 3.13. The van der Waals surface area contributed by atoms with Gasteiger partial charge in [0, 0.05) is 36.4 Å². The first-order valence-corrected chi connectivity index (χ1v) is 8.00. The molecule has 0 spiro atoms. The van der Waals surface area contributed by atoms with Gasteiger partial charge < -0.3 is 16.0 Å². The van der Waals surface area contributed by atoms with E-state index in [9.17, 15) is 4.79 Å². The number of nitrogens with zero attached hydrogens (tertiary/aromatic N) is 1. The van der Waals surface area contributed by atoms with Crippen molar-refractivity contribution in [3.05, 3.63) is 24.3 Å². The van der Waals surface area contributed by atoms with Crippen molar-refractivity contribution in [1.29, 1.82) is 0 Å². The monoisotopic (exact) mass is 289 g/mol. The molecule has 1 fully saturated rings. The zero-order chi connectivity index (χ0) is 15.3. The number of anilines is 2. The van der Waals surface area contributed by atoms with Gasteiger partial charge in [-0.15, -0.1) is 0 Å². The van der Waals surface area contributed by atoms with Crippen LogP contribution in [-0.4, -0.2) is 24.5 Å². The lowest BCUT2D eigenvalue weighted by molar-refractivity contribution is -0.117. The minimum atomic E-state index is -0.286. The van der Waals surface area contributed by atoms with Crippen LogP contribution < -0.4 is 16.0 Å². The summed E-state index contributed by atoms with van der Waals surface area (Å²) < 4.78 is 0. The molecule has 3 N–H and O–H groups in total. The van der Waals surface area contributed by atoms with Gasteiger partial charge in [0.15, 0.2) is 0 Å². The molecule has 116 valence electrons. The molecule has 0 heterocycles. The highest BCUT2D eigenvalue weighted by molar-refractivity contribution is 5.91. The Balaban J connectivity index is 1.92. The fourth-order valence-corrected chi connectivity index (χ4v) is 3.13. The molecule has 1 aliphatic rings. The summed E-state index contributed by atoms with van der Waals surface area (Å²) in [5, 5.41) is 2.96. The van der Waals surface area contributed by atoms with Gasteiger partial charge in [0.05, 0.1) is 0 Å². The molecule has 0 unspecified atom stereocenters. The molecule has 1 aromatic carbocycles. The zero-order valence-corrected chi connectivity index (χ0v) is 13.2. The molecule has 0 aliphatic heterocycles. The lowest BCUT2D eigenvalue weighted by Gasteiger charge is -2.23. The van der Waals surface area contributed by atoms with Crippen molar-refractivity contribution in [2.45, 2.75) is 51.5 Å². The number of carbonyl (C=O) groups excluding carboxylic acids is 1. The molecule has 4 nitrogen and oxygen atoms in total. The number of benzene rings is 1. The molecule has 0 saturated heterocycles. The number of amides is 1. The molecule has 0 aromatic heterocycles. The third kappa shape index (κ3) is 4.21. The van der Waals surface area contributed by atoms with Crippen LogP contribution in [0, 0.1) is 0 Å². The summed E-state index contributed by atoms with van der Waals surface area (Å²) in [4.78, 5) is 14.4. The van der Waals surface area contributed by atoms with E-state index in [-0.39, 0.29) is 11.4 Å². The van der Waals surface area contributed by atoms with Crippen LogP contribution in [-0.2, 0) is 4.79 Å². The molecule has 1 aliphatic carbocycles. The number of rotatable bonds is 6. The molecule has 1 aromatic rings. The first-order valence-electron chi connectivity index (χ1n) is 8.00. The smallest absolute Gasteiger partial charge is 0.226 e. The molecule has 2 rings (SSSR count). The minimum Gasteiger partial charge on any atom is -0.372 e. The molecule has 0 radical (unpaired) electrons. The molecule has 21 heavy (non-hydrogen) atoms. The Morgan fingerprint density at radius 2 is 1.76 bits per heavy atom. The fraction of sp³-hybridized carbons (Fsp3) is 0.588. The second kappa shape index (κ2) is 6.94. The Hall–Kier alpha value is -1.55. The predicted molar refractivity (Wildman–Crippen MR) is 88.6 cm³/mol. The average Bonchev–Trinajstić information content (AvgIpc) is 2.88. The summed E-state index contributed by atoms with van der Waals surface area (Å²) in [6.45, 7) is 6.25. The van der Waals surface area contributed by atoms with Crippen molar-refractivity contribution in [3.63, 3.8) is 0 Å². The van der Waals surface area contributed by atoms with Crippen LogP contribution in [0.3, 0.4) is 0 Å². The van der Waals surface area contributed by atoms with Crippen molar-refractivity contribution in [1.82, 2.24) is 0 Å². The lowest BCUT2D eigenvalue weighted by atomic mass is 9.94. The second-order valence-electron chi connectivity index (χ2n) is 6.01. The van der Waals surface area contributed by atoms with Crippen molar-refractivity contribution < 1.29 is 4.79 Å². The van der Waals surface area contributed by atoms with Gasteiger partial charge in [0.1, 0.15) is 0 Å². The van der Waals surface area contributed by atoms with E-state index in [1.165, 1.54) is 5.69 Å². The van der Waals surface area contributed by atoms with Crippen molar-refractivity contribution in [3.8, 4) is 0 Å². The Kier molecular flexibility index (Phi) is 5.23.